The van der Waals surface area contributed by atoms with Crippen molar-refractivity contribution >= 4 is 12.0 Å². The number of carbonyl (C=O) groups excluding carboxylic acids is 2. The summed E-state index contributed by atoms with van der Waals surface area (Å²) in [4.78, 5) is 26.9. The number of amides is 2. The zero-order chi connectivity index (χ0) is 16.9. The minimum absolute atomic E-state index is 0.154. The van der Waals surface area contributed by atoms with E-state index in [1.54, 1.807) is 27.9 Å². The highest BCUT2D eigenvalue weighted by Gasteiger charge is 2.17. The van der Waals surface area contributed by atoms with Crippen molar-refractivity contribution in [2.75, 3.05) is 34.4 Å². The van der Waals surface area contributed by atoms with Gasteiger partial charge in [-0.25, -0.2) is 9.86 Å². The van der Waals surface area contributed by atoms with Crippen LogP contribution in [0.4, 0.5) is 4.79 Å². The highest BCUT2D eigenvalue weighted by atomic mass is 16.7. The molecule has 0 aromatic rings. The average Bonchev–Trinajstić information content (AvgIpc) is 2.40. The number of hydroxylamine groups is 2. The van der Waals surface area contributed by atoms with E-state index in [0.29, 0.717) is 0 Å². The van der Waals surface area contributed by atoms with E-state index in [-0.39, 0.29) is 12.5 Å². The second-order valence-electron chi connectivity index (χ2n) is 5.00. The summed E-state index contributed by atoms with van der Waals surface area (Å²) in [5.41, 5.74) is -0.569. The van der Waals surface area contributed by atoms with Crippen LogP contribution in [0.1, 0.15) is 27.2 Å². The lowest BCUT2D eigenvalue weighted by atomic mass is 10.2. The van der Waals surface area contributed by atoms with E-state index in [4.69, 9.17) is 9.47 Å². The van der Waals surface area contributed by atoms with Crippen molar-refractivity contribution < 1.29 is 23.9 Å². The number of nitrogens with one attached hydrogen (secondary N) is 1. The van der Waals surface area contributed by atoms with Gasteiger partial charge < -0.3 is 14.8 Å². The van der Waals surface area contributed by atoms with E-state index in [2.05, 4.69) is 16.7 Å². The first-order valence-electron chi connectivity index (χ1n) is 6.55. The second-order valence-corrected chi connectivity index (χ2v) is 5.00. The number of alkyl carbamates (subject to hydrolysis) is 1. The van der Waals surface area contributed by atoms with Crippen LogP contribution in [0, 0.1) is 0 Å². The molecule has 7 nitrogen and oxygen atoms in total. The van der Waals surface area contributed by atoms with Crippen molar-refractivity contribution in [2.24, 2.45) is 0 Å². The van der Waals surface area contributed by atoms with Gasteiger partial charge in [-0.15, -0.1) is 6.58 Å². The van der Waals surface area contributed by atoms with Crippen molar-refractivity contribution in [3.63, 3.8) is 0 Å². The Morgan fingerprint density at radius 2 is 1.86 bits per heavy atom. The number of rotatable bonds is 6. The summed E-state index contributed by atoms with van der Waals surface area (Å²) in [6.07, 6.45) is 2.17. The van der Waals surface area contributed by atoms with Crippen LogP contribution in [0.2, 0.25) is 0 Å². The third-order valence-corrected chi connectivity index (χ3v) is 1.93. The van der Waals surface area contributed by atoms with Gasteiger partial charge in [0.25, 0.3) is 5.91 Å². The molecule has 0 aliphatic carbocycles. The molecule has 0 radical (unpaired) electrons. The second kappa shape index (κ2) is 12.2. The van der Waals surface area contributed by atoms with Gasteiger partial charge in [0.15, 0.2) is 0 Å². The standard InChI is InChI=1S/C9H18N2O4.C5H10O/c1-9(2,3)15-8(13)10-6-7(12)11(4)14-5;1-3-4-5-6-2/h6H2,1-5H3,(H,10,13);3H,1,4-5H2,2H3. The Morgan fingerprint density at radius 1 is 1.29 bits per heavy atom. The topological polar surface area (TPSA) is 77.1 Å². The number of ether oxygens (including phenoxy) is 2. The summed E-state index contributed by atoms with van der Waals surface area (Å²) in [7, 11) is 4.51. The number of likely N-dealkylation sites (N-methyl/N-ethyl adjacent to an activating group) is 1. The fourth-order valence-corrected chi connectivity index (χ4v) is 0.876. The van der Waals surface area contributed by atoms with Gasteiger partial charge in [-0.3, -0.25) is 9.63 Å². The first-order chi connectivity index (χ1) is 9.67. The van der Waals surface area contributed by atoms with Gasteiger partial charge in [-0.2, -0.15) is 0 Å². The Hall–Kier alpha value is -1.60. The van der Waals surface area contributed by atoms with Crippen molar-refractivity contribution in [3.05, 3.63) is 12.7 Å². The smallest absolute Gasteiger partial charge is 0.408 e. The molecule has 21 heavy (non-hydrogen) atoms. The normalized spacial score (nSPS) is 10.0. The molecule has 0 heterocycles. The summed E-state index contributed by atoms with van der Waals surface area (Å²) in [6, 6.07) is 0. The molecule has 0 saturated heterocycles. The predicted molar refractivity (Wildman–Crippen MR) is 80.7 cm³/mol. The van der Waals surface area contributed by atoms with E-state index in [0.717, 1.165) is 18.1 Å². The molecule has 0 aromatic carbocycles. The first-order valence-corrected chi connectivity index (χ1v) is 6.55. The molecule has 0 atom stereocenters. The van der Waals surface area contributed by atoms with E-state index < -0.39 is 11.7 Å². The Kier molecular flexibility index (Phi) is 12.6. The zero-order valence-electron chi connectivity index (χ0n) is 13.9. The van der Waals surface area contributed by atoms with Crippen molar-refractivity contribution in [3.8, 4) is 0 Å². The summed E-state index contributed by atoms with van der Waals surface area (Å²) in [5.74, 6) is -0.358. The van der Waals surface area contributed by atoms with Gasteiger partial charge >= 0.3 is 6.09 Å². The molecule has 124 valence electrons. The Labute approximate surface area is 127 Å². The highest BCUT2D eigenvalue weighted by molar-refractivity contribution is 5.81. The van der Waals surface area contributed by atoms with Gasteiger partial charge in [-0.1, -0.05) is 6.08 Å². The van der Waals surface area contributed by atoms with Crippen LogP contribution in [0.3, 0.4) is 0 Å². The number of carbonyl (C=O) groups is 2. The Bertz CT molecular complexity index is 313. The van der Waals surface area contributed by atoms with E-state index in [1.807, 2.05) is 6.08 Å². The number of nitrogens with zero attached hydrogens (tertiary/aromatic N) is 1. The molecule has 0 saturated carbocycles. The summed E-state index contributed by atoms with van der Waals surface area (Å²) < 4.78 is 9.65. The fraction of sp³-hybridized carbons (Fsp3) is 0.714. The zero-order valence-corrected chi connectivity index (χ0v) is 13.9. The molecule has 0 rings (SSSR count). The van der Waals surface area contributed by atoms with Crippen LogP contribution in [0.15, 0.2) is 12.7 Å². The molecule has 0 fully saturated rings. The number of hydrogen-bond acceptors (Lipinski definition) is 5. The van der Waals surface area contributed by atoms with E-state index >= 15 is 0 Å². The molecule has 0 spiro atoms. The predicted octanol–water partition coefficient (Wildman–Crippen LogP) is 1.74. The Balaban J connectivity index is 0. The minimum atomic E-state index is -0.625. The molecule has 0 unspecified atom stereocenters. The van der Waals surface area contributed by atoms with Crippen molar-refractivity contribution in [2.45, 2.75) is 32.8 Å². The van der Waals surface area contributed by atoms with Crippen LogP contribution >= 0.6 is 0 Å². The molecular weight excluding hydrogens is 276 g/mol. The molecule has 1 N–H and O–H groups in total. The van der Waals surface area contributed by atoms with Crippen LogP contribution in [-0.2, 0) is 19.1 Å². The average molecular weight is 304 g/mol. The minimum Gasteiger partial charge on any atom is -0.444 e. The lowest BCUT2D eigenvalue weighted by molar-refractivity contribution is -0.167. The molecule has 0 aliphatic heterocycles. The molecule has 7 heteroatoms. The van der Waals surface area contributed by atoms with E-state index in [1.165, 1.54) is 14.2 Å². The van der Waals surface area contributed by atoms with Crippen LogP contribution in [0.25, 0.3) is 0 Å². The molecule has 2 amide bonds. The van der Waals surface area contributed by atoms with Crippen molar-refractivity contribution in [1.29, 1.82) is 0 Å². The SMILES string of the molecule is C=CCCOC.CON(C)C(=O)CNC(=O)OC(C)(C)C. The maximum atomic E-state index is 11.2. The molecule has 0 bridgehead atoms. The monoisotopic (exact) mass is 304 g/mol. The summed E-state index contributed by atoms with van der Waals surface area (Å²) in [6.45, 7) is 9.40. The lowest BCUT2D eigenvalue weighted by Crippen LogP contribution is -2.40. The summed E-state index contributed by atoms with van der Waals surface area (Å²) in [5, 5.41) is 3.35. The van der Waals surface area contributed by atoms with Gasteiger partial charge in [0.1, 0.15) is 12.1 Å². The largest absolute Gasteiger partial charge is 0.444 e. The highest BCUT2D eigenvalue weighted by Crippen LogP contribution is 2.06. The molecular formula is C14H28N2O5. The van der Waals surface area contributed by atoms with Gasteiger partial charge in [0, 0.05) is 20.8 Å². The third-order valence-electron chi connectivity index (χ3n) is 1.93. The third kappa shape index (κ3) is 16.3. The maximum absolute atomic E-state index is 11.2. The van der Waals surface area contributed by atoms with Crippen LogP contribution < -0.4 is 5.32 Å². The summed E-state index contributed by atoms with van der Waals surface area (Å²) >= 11 is 0. The van der Waals surface area contributed by atoms with Crippen molar-refractivity contribution in [1.82, 2.24) is 10.4 Å². The fourth-order valence-electron chi connectivity index (χ4n) is 0.876. The number of hydrogen-bond donors (Lipinski definition) is 1. The quantitative estimate of drug-likeness (QED) is 0.459. The van der Waals surface area contributed by atoms with E-state index in [9.17, 15) is 9.59 Å². The lowest BCUT2D eigenvalue weighted by Gasteiger charge is -2.20. The molecule has 0 aliphatic rings. The van der Waals surface area contributed by atoms with Gasteiger partial charge in [-0.05, 0) is 27.2 Å². The number of methoxy groups -OCH3 is 1. The first kappa shape index (κ1) is 21.7. The van der Waals surface area contributed by atoms with Crippen LogP contribution in [0.5, 0.6) is 0 Å². The van der Waals surface area contributed by atoms with Gasteiger partial charge in [0.05, 0.1) is 7.11 Å². The van der Waals surface area contributed by atoms with Gasteiger partial charge in [0.2, 0.25) is 0 Å². The molecule has 0 aromatic heterocycles. The maximum Gasteiger partial charge on any atom is 0.408 e. The van der Waals surface area contributed by atoms with Crippen LogP contribution in [-0.4, -0.2) is 57.1 Å². The Morgan fingerprint density at radius 3 is 2.19 bits per heavy atom.